The molecule has 0 spiro atoms. The molecule has 2 aliphatic carbocycles. The first-order chi connectivity index (χ1) is 15.8. The number of rotatable bonds is 8. The Morgan fingerprint density at radius 1 is 1.27 bits per heavy atom. The Hall–Kier alpha value is -2.33. The van der Waals surface area contributed by atoms with E-state index in [9.17, 15) is 18.0 Å². The molecule has 1 amide bonds. The van der Waals surface area contributed by atoms with E-state index in [0.717, 1.165) is 25.0 Å². The summed E-state index contributed by atoms with van der Waals surface area (Å²) >= 11 is 1.24. The molecule has 0 radical (unpaired) electrons. The van der Waals surface area contributed by atoms with Crippen LogP contribution >= 0.6 is 11.3 Å². The molecular weight excluding hydrogens is 455 g/mol. The number of ether oxygens (including phenoxy) is 2. The van der Waals surface area contributed by atoms with Crippen LogP contribution in [0, 0.1) is 23.5 Å². The van der Waals surface area contributed by atoms with E-state index in [4.69, 9.17) is 9.47 Å². The number of anilines is 2. The lowest BCUT2D eigenvalue weighted by Gasteiger charge is -2.46. The van der Waals surface area contributed by atoms with Crippen LogP contribution in [0.5, 0.6) is 5.75 Å². The van der Waals surface area contributed by atoms with Crippen molar-refractivity contribution in [1.82, 2.24) is 4.98 Å². The van der Waals surface area contributed by atoms with Crippen molar-refractivity contribution in [2.24, 2.45) is 11.8 Å². The molecule has 1 aromatic carbocycles. The van der Waals surface area contributed by atoms with Crippen LogP contribution in [-0.2, 0) is 11.2 Å². The third-order valence-electron chi connectivity index (χ3n) is 6.78. The zero-order chi connectivity index (χ0) is 23.3. The van der Waals surface area contributed by atoms with E-state index in [-0.39, 0.29) is 30.9 Å². The highest BCUT2D eigenvalue weighted by atomic mass is 32.1. The number of fused-ring (bicyclic) bond motifs is 1. The topological polar surface area (TPSA) is 63.7 Å². The van der Waals surface area contributed by atoms with Crippen molar-refractivity contribution < 1.29 is 28.9 Å². The fraction of sp³-hybridized carbons (Fsp3) is 0.565. The lowest BCUT2D eigenvalue weighted by Crippen LogP contribution is -2.61. The molecule has 1 saturated heterocycles. The van der Waals surface area contributed by atoms with Crippen molar-refractivity contribution in [2.75, 3.05) is 37.1 Å². The zero-order valence-electron chi connectivity index (χ0n) is 18.5. The molecule has 180 valence electrons. The number of nitrogens with zero attached hydrogens (tertiary/aromatic N) is 2. The molecule has 2 atom stereocenters. The molecule has 1 aromatic heterocycles. The fourth-order valence-corrected chi connectivity index (χ4v) is 5.82. The van der Waals surface area contributed by atoms with Gasteiger partial charge >= 0.3 is 0 Å². The summed E-state index contributed by atoms with van der Waals surface area (Å²) in [5.41, 5.74) is -0.273. The highest BCUT2D eigenvalue weighted by Crippen LogP contribution is 2.52. The molecule has 2 saturated carbocycles. The minimum absolute atomic E-state index is 0. The van der Waals surface area contributed by atoms with E-state index in [1.54, 1.807) is 7.11 Å². The number of amides is 1. The minimum Gasteiger partial charge on any atom is -0.484 e. The molecule has 2 unspecified atom stereocenters. The summed E-state index contributed by atoms with van der Waals surface area (Å²) in [5.74, 6) is -1.53. The van der Waals surface area contributed by atoms with E-state index in [1.165, 1.54) is 17.8 Å². The predicted octanol–water partition coefficient (Wildman–Crippen LogP) is 4.83. The largest absolute Gasteiger partial charge is 0.484 e. The lowest BCUT2D eigenvalue weighted by atomic mass is 9.97. The van der Waals surface area contributed by atoms with Crippen LogP contribution < -0.4 is 15.0 Å². The number of thiazole rings is 1. The maximum Gasteiger partial charge on any atom is 0.275 e. The Labute approximate surface area is 195 Å². The van der Waals surface area contributed by atoms with Crippen LogP contribution in [0.1, 0.15) is 43.0 Å². The van der Waals surface area contributed by atoms with Crippen molar-refractivity contribution in [1.29, 1.82) is 0 Å². The number of alkyl halides is 1. The van der Waals surface area contributed by atoms with E-state index in [1.807, 2.05) is 11.8 Å². The molecule has 33 heavy (non-hydrogen) atoms. The van der Waals surface area contributed by atoms with Crippen LogP contribution in [0.4, 0.5) is 24.0 Å². The Balaban J connectivity index is 0.00000274. The maximum absolute atomic E-state index is 14.6. The molecule has 3 fully saturated rings. The SMILES string of the molecule is COC1(C)CN(c2nc(C(=O)Nc3cc(F)c(OC4CC5CC5C4)c(F)c3)c(CCF)s2)C1.[HH]. The summed E-state index contributed by atoms with van der Waals surface area (Å²) in [6.07, 6.45) is 2.70. The summed E-state index contributed by atoms with van der Waals surface area (Å²) < 4.78 is 53.3. The molecule has 6 nitrogen and oxygen atoms in total. The Bertz CT molecular complexity index is 1050. The third-order valence-corrected chi connectivity index (χ3v) is 7.95. The Kier molecular flexibility index (Phi) is 5.76. The van der Waals surface area contributed by atoms with Gasteiger partial charge in [0.05, 0.1) is 31.5 Å². The number of aryl methyl sites for hydroxylation is 1. The van der Waals surface area contributed by atoms with E-state index in [2.05, 4.69) is 10.3 Å². The Morgan fingerprint density at radius 3 is 2.55 bits per heavy atom. The third kappa shape index (κ3) is 4.42. The van der Waals surface area contributed by atoms with Crippen LogP contribution in [0.25, 0.3) is 0 Å². The van der Waals surface area contributed by atoms with Crippen LogP contribution in [0.3, 0.4) is 0 Å². The van der Waals surface area contributed by atoms with Gasteiger partial charge in [-0.1, -0.05) is 0 Å². The molecule has 2 aromatic rings. The van der Waals surface area contributed by atoms with Gasteiger partial charge in [-0.2, -0.15) is 0 Å². The lowest BCUT2D eigenvalue weighted by molar-refractivity contribution is -0.0167. The van der Waals surface area contributed by atoms with E-state index < -0.39 is 30.0 Å². The molecule has 3 aliphatic rings. The summed E-state index contributed by atoms with van der Waals surface area (Å²) in [5, 5.41) is 3.08. The van der Waals surface area contributed by atoms with Crippen LogP contribution in [0.15, 0.2) is 12.1 Å². The summed E-state index contributed by atoms with van der Waals surface area (Å²) in [6.45, 7) is 2.54. The van der Waals surface area contributed by atoms with Gasteiger partial charge in [-0.05, 0) is 38.0 Å². The van der Waals surface area contributed by atoms with Gasteiger partial charge in [-0.15, -0.1) is 11.3 Å². The number of hydrogen-bond acceptors (Lipinski definition) is 6. The Morgan fingerprint density at radius 2 is 1.94 bits per heavy atom. The fourth-order valence-electron chi connectivity index (χ4n) is 4.79. The number of carbonyl (C=O) groups excluding carboxylic acids is 1. The van der Waals surface area contributed by atoms with Gasteiger partial charge < -0.3 is 19.7 Å². The number of nitrogens with one attached hydrogen (secondary N) is 1. The van der Waals surface area contributed by atoms with Gasteiger partial charge in [0.15, 0.2) is 22.5 Å². The van der Waals surface area contributed by atoms with Gasteiger partial charge in [-0.3, -0.25) is 9.18 Å². The number of hydrogen-bond donors (Lipinski definition) is 1. The van der Waals surface area contributed by atoms with Crippen molar-refractivity contribution in [3.8, 4) is 5.75 Å². The van der Waals surface area contributed by atoms with Gasteiger partial charge in [0.1, 0.15) is 5.69 Å². The molecule has 10 heteroatoms. The average Bonchev–Trinajstić information content (AvgIpc) is 3.16. The standard InChI is InChI=1S/C23H26F3N3O3S.H2/c1-23(31-2)10-29(11-23)22-28-19(18(33-22)3-4-24)21(30)27-14-8-16(25)20(17(26)9-14)32-15-6-12-5-13(12)7-15;/h8-9,12-13,15H,3-7,10-11H2,1-2H3,(H,27,30);1H. The maximum atomic E-state index is 14.6. The second-order valence-corrected chi connectivity index (χ2v) is 10.5. The quantitative estimate of drug-likeness (QED) is 0.583. The van der Waals surface area contributed by atoms with E-state index in [0.29, 0.717) is 34.9 Å². The second-order valence-electron chi connectivity index (χ2n) is 9.41. The van der Waals surface area contributed by atoms with Crippen molar-refractivity contribution in [3.05, 3.63) is 34.3 Å². The smallest absolute Gasteiger partial charge is 0.275 e. The predicted molar refractivity (Wildman–Crippen MR) is 121 cm³/mol. The number of benzene rings is 1. The molecule has 1 aliphatic heterocycles. The first-order valence-corrected chi connectivity index (χ1v) is 11.9. The molecule has 5 rings (SSSR count). The second kappa shape index (κ2) is 8.47. The van der Waals surface area contributed by atoms with Crippen LogP contribution in [0.2, 0.25) is 0 Å². The number of methoxy groups -OCH3 is 1. The number of aromatic nitrogens is 1. The van der Waals surface area contributed by atoms with Crippen LogP contribution in [-0.4, -0.2) is 49.5 Å². The summed E-state index contributed by atoms with van der Waals surface area (Å²) in [7, 11) is 1.64. The number of carbonyl (C=O) groups is 1. The normalized spacial score (nSPS) is 24.9. The van der Waals surface area contributed by atoms with Gasteiger partial charge in [-0.25, -0.2) is 13.8 Å². The summed E-state index contributed by atoms with van der Waals surface area (Å²) in [6, 6.07) is 2.07. The zero-order valence-corrected chi connectivity index (χ0v) is 19.3. The highest BCUT2D eigenvalue weighted by Gasteiger charge is 2.47. The molecule has 2 heterocycles. The molecular formula is C23H28F3N3O3S. The first kappa shape index (κ1) is 22.5. The van der Waals surface area contributed by atoms with Crippen molar-refractivity contribution in [3.63, 3.8) is 0 Å². The van der Waals surface area contributed by atoms with Crippen molar-refractivity contribution in [2.45, 2.75) is 44.3 Å². The molecule has 0 bridgehead atoms. The highest BCUT2D eigenvalue weighted by molar-refractivity contribution is 7.16. The molecule has 1 N–H and O–H groups in total. The minimum atomic E-state index is -0.867. The van der Waals surface area contributed by atoms with Gasteiger partial charge in [0.25, 0.3) is 5.91 Å². The average molecular weight is 484 g/mol. The summed E-state index contributed by atoms with van der Waals surface area (Å²) in [4.78, 5) is 19.7. The van der Waals surface area contributed by atoms with E-state index >= 15 is 0 Å². The van der Waals surface area contributed by atoms with Crippen molar-refractivity contribution >= 4 is 28.1 Å². The monoisotopic (exact) mass is 483 g/mol. The van der Waals surface area contributed by atoms with Gasteiger partial charge in [0.2, 0.25) is 0 Å². The first-order valence-electron chi connectivity index (χ1n) is 11.1. The van der Waals surface area contributed by atoms with Gasteiger partial charge in [0, 0.05) is 37.7 Å². The number of halogens is 3.